The molecular formula is C15H17N3OS. The van der Waals surface area contributed by atoms with Gasteiger partial charge in [-0.1, -0.05) is 6.07 Å². The first kappa shape index (κ1) is 13.2. The maximum atomic E-state index is 12.2. The maximum absolute atomic E-state index is 12.2. The van der Waals surface area contributed by atoms with Crippen molar-refractivity contribution in [3.63, 3.8) is 0 Å². The summed E-state index contributed by atoms with van der Waals surface area (Å²) >= 11 is 1.72. The predicted molar refractivity (Wildman–Crippen MR) is 78.4 cm³/mol. The fourth-order valence-corrected chi connectivity index (χ4v) is 3.63. The molecule has 3 rings (SSSR count). The third kappa shape index (κ3) is 2.88. The summed E-state index contributed by atoms with van der Waals surface area (Å²) in [6.45, 7) is 2.58. The Hall–Kier alpha value is -1.75. The Bertz CT molecular complexity index is 609. The first-order valence-corrected chi connectivity index (χ1v) is 7.66. The zero-order valence-electron chi connectivity index (χ0n) is 11.4. The smallest absolute Gasteiger partial charge is 0.223 e. The van der Waals surface area contributed by atoms with Crippen molar-refractivity contribution in [2.24, 2.45) is 5.92 Å². The third-order valence-corrected chi connectivity index (χ3v) is 4.64. The van der Waals surface area contributed by atoms with Crippen LogP contribution in [0.2, 0.25) is 0 Å². The summed E-state index contributed by atoms with van der Waals surface area (Å²) in [6.07, 6.45) is 6.17. The number of nitrogens with one attached hydrogen (secondary N) is 1. The molecule has 1 atom stereocenters. The van der Waals surface area contributed by atoms with Gasteiger partial charge >= 0.3 is 0 Å². The molecule has 2 aromatic rings. The average molecular weight is 287 g/mol. The predicted octanol–water partition coefficient (Wildman–Crippen LogP) is 2.27. The van der Waals surface area contributed by atoms with Gasteiger partial charge in [-0.2, -0.15) is 0 Å². The van der Waals surface area contributed by atoms with E-state index in [0.29, 0.717) is 6.54 Å². The van der Waals surface area contributed by atoms with Gasteiger partial charge in [0, 0.05) is 29.7 Å². The number of hydrogen-bond acceptors (Lipinski definition) is 4. The van der Waals surface area contributed by atoms with Gasteiger partial charge in [0.05, 0.1) is 10.7 Å². The van der Waals surface area contributed by atoms with E-state index in [1.165, 1.54) is 10.6 Å². The molecule has 0 aliphatic heterocycles. The van der Waals surface area contributed by atoms with Crippen LogP contribution in [0.5, 0.6) is 0 Å². The summed E-state index contributed by atoms with van der Waals surface area (Å²) in [5, 5.41) is 4.11. The Kier molecular flexibility index (Phi) is 3.78. The highest BCUT2D eigenvalue weighted by molar-refractivity contribution is 7.11. The van der Waals surface area contributed by atoms with Crippen LogP contribution in [0.1, 0.15) is 27.6 Å². The fraction of sp³-hybridized carbons (Fsp3) is 0.400. The van der Waals surface area contributed by atoms with Crippen molar-refractivity contribution >= 4 is 17.2 Å². The number of nitrogens with zero attached hydrogens (tertiary/aromatic N) is 2. The van der Waals surface area contributed by atoms with Crippen molar-refractivity contribution in [3.05, 3.63) is 45.7 Å². The lowest BCUT2D eigenvalue weighted by Gasteiger charge is -2.20. The van der Waals surface area contributed by atoms with Crippen LogP contribution >= 0.6 is 11.3 Å². The zero-order chi connectivity index (χ0) is 13.9. The van der Waals surface area contributed by atoms with Crippen LogP contribution < -0.4 is 5.32 Å². The Morgan fingerprint density at radius 1 is 1.55 bits per heavy atom. The lowest BCUT2D eigenvalue weighted by atomic mass is 9.90. The maximum Gasteiger partial charge on any atom is 0.223 e. The minimum absolute atomic E-state index is 0.0824. The first-order valence-electron chi connectivity index (χ1n) is 6.84. The molecule has 1 aliphatic rings. The summed E-state index contributed by atoms with van der Waals surface area (Å²) in [7, 11) is 0. The Morgan fingerprint density at radius 3 is 3.25 bits per heavy atom. The molecule has 1 unspecified atom stereocenters. The first-order chi connectivity index (χ1) is 9.72. The molecule has 104 valence electrons. The normalized spacial score (nSPS) is 17.6. The van der Waals surface area contributed by atoms with Crippen molar-refractivity contribution in [2.75, 3.05) is 0 Å². The van der Waals surface area contributed by atoms with Crippen LogP contribution in [0.25, 0.3) is 0 Å². The molecular weight excluding hydrogens is 270 g/mol. The monoisotopic (exact) mass is 287 g/mol. The standard InChI is InChI=1S/C15H17N3OS/c1-10-18-13-5-4-12(7-14(13)20-10)15(19)17-9-11-3-2-6-16-8-11/h2-3,6,8,12H,4-5,7,9H2,1H3,(H,17,19). The van der Waals surface area contributed by atoms with E-state index in [0.717, 1.165) is 29.8 Å². The number of rotatable bonds is 3. The number of thiazole rings is 1. The van der Waals surface area contributed by atoms with Crippen molar-refractivity contribution in [3.8, 4) is 0 Å². The van der Waals surface area contributed by atoms with E-state index in [-0.39, 0.29) is 11.8 Å². The molecule has 0 bridgehead atoms. The molecule has 0 aromatic carbocycles. The number of pyridine rings is 1. The van der Waals surface area contributed by atoms with Gasteiger partial charge in [-0.3, -0.25) is 9.78 Å². The lowest BCUT2D eigenvalue weighted by Crippen LogP contribution is -2.33. The molecule has 1 N–H and O–H groups in total. The van der Waals surface area contributed by atoms with E-state index < -0.39 is 0 Å². The number of fused-ring (bicyclic) bond motifs is 1. The molecule has 0 fully saturated rings. The minimum Gasteiger partial charge on any atom is -0.352 e. The molecule has 5 heteroatoms. The van der Waals surface area contributed by atoms with Crippen LogP contribution in [0.3, 0.4) is 0 Å². The quantitative estimate of drug-likeness (QED) is 0.942. The second-order valence-electron chi connectivity index (χ2n) is 5.12. The molecule has 0 saturated carbocycles. The largest absolute Gasteiger partial charge is 0.352 e. The van der Waals surface area contributed by atoms with Crippen LogP contribution in [0.15, 0.2) is 24.5 Å². The van der Waals surface area contributed by atoms with Crippen molar-refractivity contribution in [2.45, 2.75) is 32.7 Å². The number of carbonyl (C=O) groups excluding carboxylic acids is 1. The number of aromatic nitrogens is 2. The van der Waals surface area contributed by atoms with Gasteiger partial charge in [0.2, 0.25) is 5.91 Å². The Balaban J connectivity index is 1.59. The SMILES string of the molecule is Cc1nc2c(s1)CC(C(=O)NCc1cccnc1)CC2. The molecule has 0 saturated heterocycles. The van der Waals surface area contributed by atoms with E-state index >= 15 is 0 Å². The Morgan fingerprint density at radius 2 is 2.45 bits per heavy atom. The number of aryl methyl sites for hydroxylation is 2. The van der Waals surface area contributed by atoms with Crippen LogP contribution in [-0.2, 0) is 24.2 Å². The summed E-state index contributed by atoms with van der Waals surface area (Å²) < 4.78 is 0. The number of carbonyl (C=O) groups is 1. The van der Waals surface area contributed by atoms with Crippen molar-refractivity contribution < 1.29 is 4.79 Å². The topological polar surface area (TPSA) is 54.9 Å². The minimum atomic E-state index is 0.0824. The van der Waals surface area contributed by atoms with Gasteiger partial charge in [-0.25, -0.2) is 4.98 Å². The fourth-order valence-electron chi connectivity index (χ4n) is 2.56. The van der Waals surface area contributed by atoms with Gasteiger partial charge in [0.25, 0.3) is 0 Å². The van der Waals surface area contributed by atoms with E-state index in [1.54, 1.807) is 23.7 Å². The molecule has 1 amide bonds. The zero-order valence-corrected chi connectivity index (χ0v) is 12.2. The van der Waals surface area contributed by atoms with Gasteiger partial charge in [-0.05, 0) is 37.8 Å². The summed E-state index contributed by atoms with van der Waals surface area (Å²) in [6, 6.07) is 3.85. The molecule has 4 nitrogen and oxygen atoms in total. The molecule has 0 radical (unpaired) electrons. The van der Waals surface area contributed by atoms with Crippen molar-refractivity contribution in [1.82, 2.24) is 15.3 Å². The van der Waals surface area contributed by atoms with E-state index in [2.05, 4.69) is 15.3 Å². The van der Waals surface area contributed by atoms with Crippen molar-refractivity contribution in [1.29, 1.82) is 0 Å². The second kappa shape index (κ2) is 5.71. The van der Waals surface area contributed by atoms with Gasteiger partial charge in [-0.15, -0.1) is 11.3 Å². The van der Waals surface area contributed by atoms with Gasteiger partial charge in [0.1, 0.15) is 0 Å². The highest BCUT2D eigenvalue weighted by atomic mass is 32.1. The molecule has 0 spiro atoms. The molecule has 20 heavy (non-hydrogen) atoms. The van der Waals surface area contributed by atoms with Crippen LogP contribution in [0.4, 0.5) is 0 Å². The van der Waals surface area contributed by atoms with E-state index in [4.69, 9.17) is 0 Å². The van der Waals surface area contributed by atoms with Crippen LogP contribution in [-0.4, -0.2) is 15.9 Å². The van der Waals surface area contributed by atoms with Crippen LogP contribution in [0, 0.1) is 12.8 Å². The summed E-state index contributed by atoms with van der Waals surface area (Å²) in [5.74, 6) is 0.226. The highest BCUT2D eigenvalue weighted by Crippen LogP contribution is 2.29. The van der Waals surface area contributed by atoms with E-state index in [9.17, 15) is 4.79 Å². The third-order valence-electron chi connectivity index (χ3n) is 3.61. The highest BCUT2D eigenvalue weighted by Gasteiger charge is 2.26. The number of hydrogen-bond donors (Lipinski definition) is 1. The van der Waals surface area contributed by atoms with E-state index in [1.807, 2.05) is 19.1 Å². The molecule has 2 heterocycles. The lowest BCUT2D eigenvalue weighted by molar-refractivity contribution is -0.125. The summed E-state index contributed by atoms with van der Waals surface area (Å²) in [5.41, 5.74) is 2.23. The number of amides is 1. The molecule has 1 aliphatic carbocycles. The van der Waals surface area contributed by atoms with Gasteiger partial charge < -0.3 is 5.32 Å². The summed E-state index contributed by atoms with van der Waals surface area (Å²) in [4.78, 5) is 22.1. The Labute approximate surface area is 122 Å². The average Bonchev–Trinajstić information content (AvgIpc) is 2.85. The van der Waals surface area contributed by atoms with Gasteiger partial charge in [0.15, 0.2) is 0 Å². The second-order valence-corrected chi connectivity index (χ2v) is 6.41. The molecule has 2 aromatic heterocycles.